The average molecular weight is 543 g/mol. The number of hydrogen-bond donors (Lipinski definition) is 2. The molecule has 2 N–H and O–H groups in total. The molecular weight excluding hydrogens is 512 g/mol. The molecule has 2 amide bonds. The topological polar surface area (TPSA) is 120 Å². The Kier molecular flexibility index (Phi) is 8.12. The number of carbonyl (C=O) groups is 2. The first-order valence-electron chi connectivity index (χ1n) is 13.0. The number of ether oxygens (including phenoxy) is 1. The number of nitrogens with zero attached hydrogens (tertiary/aromatic N) is 4. The molecule has 3 aromatic rings. The molecule has 2 saturated heterocycles. The van der Waals surface area contributed by atoms with Crippen LogP contribution in [0.1, 0.15) is 42.2 Å². The molecule has 2 aliphatic heterocycles. The Labute approximate surface area is 231 Å². The van der Waals surface area contributed by atoms with Gasteiger partial charge in [-0.3, -0.25) is 14.5 Å². The van der Waals surface area contributed by atoms with Gasteiger partial charge < -0.3 is 15.4 Å². The molecule has 3 atom stereocenters. The predicted molar refractivity (Wildman–Crippen MR) is 150 cm³/mol. The third-order valence-corrected chi connectivity index (χ3v) is 8.18. The molecule has 200 valence electrons. The van der Waals surface area contributed by atoms with E-state index in [-0.39, 0.29) is 23.2 Å². The molecule has 9 nitrogen and oxygen atoms in total. The lowest BCUT2D eigenvalue weighted by Crippen LogP contribution is -2.36. The van der Waals surface area contributed by atoms with Crippen LogP contribution in [-0.2, 0) is 20.7 Å². The Balaban J connectivity index is 1.23. The van der Waals surface area contributed by atoms with Crippen molar-refractivity contribution in [3.63, 3.8) is 0 Å². The van der Waals surface area contributed by atoms with E-state index in [1.54, 1.807) is 18.5 Å². The zero-order valence-electron chi connectivity index (χ0n) is 21.9. The first kappa shape index (κ1) is 26.7. The zero-order chi connectivity index (χ0) is 27.4. The monoisotopic (exact) mass is 542 g/mol. The number of benzene rings is 1. The molecule has 2 aromatic heterocycles. The third kappa shape index (κ3) is 6.23. The summed E-state index contributed by atoms with van der Waals surface area (Å²) in [6, 6.07) is 11.8. The van der Waals surface area contributed by atoms with Crippen LogP contribution < -0.4 is 10.6 Å². The van der Waals surface area contributed by atoms with Crippen LogP contribution in [-0.4, -0.2) is 58.5 Å². The maximum Gasteiger partial charge on any atom is 0.249 e. The Morgan fingerprint density at radius 3 is 2.85 bits per heavy atom. The number of likely N-dealkylation sites (tertiary alicyclic amines) is 1. The van der Waals surface area contributed by atoms with Gasteiger partial charge in [-0.15, -0.1) is 11.3 Å². The lowest BCUT2D eigenvalue weighted by atomic mass is 9.96. The predicted octanol–water partition coefficient (Wildman–Crippen LogP) is 4.35. The fourth-order valence-corrected chi connectivity index (χ4v) is 5.60. The molecule has 0 saturated carbocycles. The molecule has 2 aliphatic rings. The number of nitrogens with one attached hydrogen (secondary N) is 2. The number of morpholine rings is 1. The van der Waals surface area contributed by atoms with Gasteiger partial charge in [0.2, 0.25) is 11.8 Å². The summed E-state index contributed by atoms with van der Waals surface area (Å²) in [7, 11) is 0. The van der Waals surface area contributed by atoms with Crippen LogP contribution in [0.15, 0.2) is 54.9 Å². The first-order valence-corrected chi connectivity index (χ1v) is 13.8. The van der Waals surface area contributed by atoms with Crippen molar-refractivity contribution in [2.75, 3.05) is 30.3 Å². The minimum absolute atomic E-state index is 0.142. The van der Waals surface area contributed by atoms with Gasteiger partial charge in [0, 0.05) is 48.0 Å². The number of nitriles is 1. The van der Waals surface area contributed by atoms with Crippen molar-refractivity contribution in [1.29, 1.82) is 5.26 Å². The van der Waals surface area contributed by atoms with E-state index in [0.29, 0.717) is 29.4 Å². The highest BCUT2D eigenvalue weighted by Gasteiger charge is 2.38. The van der Waals surface area contributed by atoms with Gasteiger partial charge in [-0.25, -0.2) is 9.97 Å². The van der Waals surface area contributed by atoms with Crippen molar-refractivity contribution in [2.45, 2.75) is 44.8 Å². The quantitative estimate of drug-likeness (QED) is 0.386. The highest BCUT2D eigenvalue weighted by atomic mass is 32.1. The Hall–Kier alpha value is -3.91. The number of pyridine rings is 1. The van der Waals surface area contributed by atoms with Crippen molar-refractivity contribution < 1.29 is 14.3 Å². The first-order chi connectivity index (χ1) is 18.9. The van der Waals surface area contributed by atoms with Crippen LogP contribution in [0.2, 0.25) is 0 Å². The highest BCUT2D eigenvalue weighted by Crippen LogP contribution is 2.29. The van der Waals surface area contributed by atoms with Gasteiger partial charge in [0.05, 0.1) is 24.2 Å². The molecule has 0 spiro atoms. The standard InChI is InChI=1S/C29H30N6O3S/c1-3-25-15-32-29(39-25)34-28(37)18(2)19-6-4-7-20(10-19)22-11-21(13-30)27(31-14-22)33-26(36)8-5-9-35-16-24-12-23(35)17-38-24/h4-8,10-11,14-15,18,23-24H,3,9,12,16-17H2,1-2H3,(H,31,33,36)(H,32,34,37)/b8-5+/t18-,23?,24?/m0/s1. The molecule has 2 unspecified atom stereocenters. The number of aromatic nitrogens is 2. The molecular formula is C29H30N6O3S. The maximum absolute atomic E-state index is 12.8. The van der Waals surface area contributed by atoms with Gasteiger partial charge in [-0.1, -0.05) is 37.3 Å². The van der Waals surface area contributed by atoms with Gasteiger partial charge in [0.1, 0.15) is 6.07 Å². The number of hydrogen-bond acceptors (Lipinski definition) is 8. The van der Waals surface area contributed by atoms with Crippen LogP contribution >= 0.6 is 11.3 Å². The van der Waals surface area contributed by atoms with Crippen LogP contribution in [0.5, 0.6) is 0 Å². The summed E-state index contributed by atoms with van der Waals surface area (Å²) in [5.74, 6) is -0.670. The third-order valence-electron chi connectivity index (χ3n) is 7.12. The number of anilines is 2. The average Bonchev–Trinajstić information content (AvgIpc) is 3.70. The van der Waals surface area contributed by atoms with E-state index in [2.05, 4.69) is 31.6 Å². The van der Waals surface area contributed by atoms with Gasteiger partial charge in [-0.2, -0.15) is 5.26 Å². The second-order valence-electron chi connectivity index (χ2n) is 9.74. The number of thiazole rings is 1. The molecule has 4 heterocycles. The minimum atomic E-state index is -0.407. The van der Waals surface area contributed by atoms with Crippen LogP contribution in [0.25, 0.3) is 11.1 Å². The van der Waals surface area contributed by atoms with E-state index in [0.717, 1.165) is 42.0 Å². The van der Waals surface area contributed by atoms with E-state index >= 15 is 0 Å². The molecule has 0 aliphatic carbocycles. The number of aryl methyl sites for hydroxylation is 1. The van der Waals surface area contributed by atoms with E-state index in [4.69, 9.17) is 4.74 Å². The Morgan fingerprint density at radius 2 is 2.13 bits per heavy atom. The summed E-state index contributed by atoms with van der Waals surface area (Å²) in [5.41, 5.74) is 2.62. The highest BCUT2D eigenvalue weighted by molar-refractivity contribution is 7.15. The van der Waals surface area contributed by atoms with Gasteiger partial charge in [0.25, 0.3) is 0 Å². The van der Waals surface area contributed by atoms with E-state index in [1.165, 1.54) is 17.4 Å². The van der Waals surface area contributed by atoms with Crippen molar-refractivity contribution in [2.24, 2.45) is 0 Å². The molecule has 10 heteroatoms. The normalized spacial score (nSPS) is 19.2. The van der Waals surface area contributed by atoms with Crippen molar-refractivity contribution >= 4 is 34.1 Å². The molecule has 2 fully saturated rings. The summed E-state index contributed by atoms with van der Waals surface area (Å²) in [5, 5.41) is 15.9. The SMILES string of the molecule is CCc1cnc(NC(=O)[C@@H](C)c2cccc(-c3cnc(NC(=O)/C=C/CN4CC5CC4CO5)c(C#N)c3)c2)s1. The Morgan fingerprint density at radius 1 is 1.26 bits per heavy atom. The summed E-state index contributed by atoms with van der Waals surface area (Å²) in [4.78, 5) is 37.4. The van der Waals surface area contributed by atoms with Crippen LogP contribution in [0, 0.1) is 11.3 Å². The van der Waals surface area contributed by atoms with Crippen LogP contribution in [0.3, 0.4) is 0 Å². The summed E-state index contributed by atoms with van der Waals surface area (Å²) in [6.45, 7) is 6.23. The molecule has 39 heavy (non-hydrogen) atoms. The van der Waals surface area contributed by atoms with Gasteiger partial charge >= 0.3 is 0 Å². The summed E-state index contributed by atoms with van der Waals surface area (Å²) >= 11 is 1.47. The van der Waals surface area contributed by atoms with Crippen molar-refractivity contribution in [3.05, 3.63) is 70.9 Å². The van der Waals surface area contributed by atoms with Gasteiger partial charge in [-0.05, 0) is 37.0 Å². The lowest BCUT2D eigenvalue weighted by Gasteiger charge is -2.24. The van der Waals surface area contributed by atoms with E-state index in [1.807, 2.05) is 44.2 Å². The molecule has 1 aromatic carbocycles. The molecule has 0 radical (unpaired) electrons. The fourth-order valence-electron chi connectivity index (χ4n) is 4.84. The summed E-state index contributed by atoms with van der Waals surface area (Å²) < 4.78 is 5.61. The number of carbonyl (C=O) groups excluding carboxylic acids is 2. The van der Waals surface area contributed by atoms with Gasteiger partial charge in [0.15, 0.2) is 10.9 Å². The van der Waals surface area contributed by atoms with Crippen molar-refractivity contribution in [3.8, 4) is 17.2 Å². The number of rotatable bonds is 9. The van der Waals surface area contributed by atoms with E-state index in [9.17, 15) is 14.9 Å². The second-order valence-corrected chi connectivity index (χ2v) is 10.9. The maximum atomic E-state index is 12.8. The Bertz CT molecular complexity index is 1440. The van der Waals surface area contributed by atoms with Crippen LogP contribution in [0.4, 0.5) is 10.9 Å². The lowest BCUT2D eigenvalue weighted by molar-refractivity contribution is -0.117. The summed E-state index contributed by atoms with van der Waals surface area (Å²) in [6.07, 6.45) is 8.96. The number of amides is 2. The largest absolute Gasteiger partial charge is 0.375 e. The fraction of sp³-hybridized carbons (Fsp3) is 0.345. The van der Waals surface area contributed by atoms with E-state index < -0.39 is 5.92 Å². The smallest absolute Gasteiger partial charge is 0.249 e. The molecule has 5 rings (SSSR count). The van der Waals surface area contributed by atoms with Crippen molar-refractivity contribution in [1.82, 2.24) is 14.9 Å². The minimum Gasteiger partial charge on any atom is -0.375 e. The second kappa shape index (κ2) is 11.9. The number of fused-ring (bicyclic) bond motifs is 2. The molecule has 2 bridgehead atoms. The zero-order valence-corrected chi connectivity index (χ0v) is 22.7.